The molecule has 2 aromatic heterocycles. The summed E-state index contributed by atoms with van der Waals surface area (Å²) in [4.78, 5) is 24.6. The molecule has 1 fully saturated rings. The summed E-state index contributed by atoms with van der Waals surface area (Å²) >= 11 is 0. The van der Waals surface area contributed by atoms with Crippen molar-refractivity contribution in [3.05, 3.63) is 95.7 Å². The zero-order valence-corrected chi connectivity index (χ0v) is 20.4. The summed E-state index contributed by atoms with van der Waals surface area (Å²) in [5, 5.41) is 7.65. The fraction of sp³-hybridized carbons (Fsp3) is 0.286. The van der Waals surface area contributed by atoms with Gasteiger partial charge in [-0.2, -0.15) is 5.10 Å². The van der Waals surface area contributed by atoms with Gasteiger partial charge in [-0.25, -0.2) is 19.0 Å². The van der Waals surface area contributed by atoms with Crippen LogP contribution < -0.4 is 5.32 Å². The molecule has 0 aliphatic carbocycles. The number of benzene rings is 2. The molecule has 4 aromatic rings. The van der Waals surface area contributed by atoms with Crippen molar-refractivity contribution >= 4 is 5.91 Å². The normalized spacial score (nSPS) is 15.9. The second-order valence-electron chi connectivity index (χ2n) is 9.41. The van der Waals surface area contributed by atoms with E-state index in [2.05, 4.69) is 37.4 Å². The minimum Gasteiger partial charge on any atom is -0.348 e. The predicted molar refractivity (Wildman–Crippen MR) is 136 cm³/mol. The molecule has 36 heavy (non-hydrogen) atoms. The number of likely N-dealkylation sites (tertiary alicyclic amines) is 1. The standard InChI is InChI=1S/C28H29FN6O/c1-19(2)26-23(27(36)32-21-13-15-34(18-21)17-20-8-4-3-5-9-20)16-31-35(26)28-30-14-12-25(33-28)22-10-6-7-11-24(22)29/h3-12,14,16,19,21H,13,15,17-18H2,1-2H3,(H,32,36). The molecule has 184 valence electrons. The number of rotatable bonds is 7. The third kappa shape index (κ3) is 5.04. The van der Waals surface area contributed by atoms with E-state index in [-0.39, 0.29) is 23.7 Å². The number of carbonyl (C=O) groups excluding carboxylic acids is 1. The van der Waals surface area contributed by atoms with Gasteiger partial charge in [0.2, 0.25) is 0 Å². The van der Waals surface area contributed by atoms with E-state index in [4.69, 9.17) is 0 Å². The summed E-state index contributed by atoms with van der Waals surface area (Å²) in [5.41, 5.74) is 3.34. The molecular formula is C28H29FN6O. The molecule has 2 aromatic carbocycles. The third-order valence-electron chi connectivity index (χ3n) is 6.44. The van der Waals surface area contributed by atoms with Crippen molar-refractivity contribution in [3.63, 3.8) is 0 Å². The molecular weight excluding hydrogens is 455 g/mol. The first-order valence-electron chi connectivity index (χ1n) is 12.2. The Bertz CT molecular complexity index is 1350. The Hall–Kier alpha value is -3.91. The Morgan fingerprint density at radius 1 is 1.11 bits per heavy atom. The average molecular weight is 485 g/mol. The zero-order chi connectivity index (χ0) is 25.1. The van der Waals surface area contributed by atoms with Gasteiger partial charge in [0.15, 0.2) is 0 Å². The number of hydrogen-bond acceptors (Lipinski definition) is 5. The van der Waals surface area contributed by atoms with Crippen molar-refractivity contribution in [2.45, 2.75) is 38.8 Å². The lowest BCUT2D eigenvalue weighted by Crippen LogP contribution is -2.37. The van der Waals surface area contributed by atoms with Gasteiger partial charge in [0.25, 0.3) is 11.9 Å². The number of aromatic nitrogens is 4. The highest BCUT2D eigenvalue weighted by molar-refractivity contribution is 5.95. The minimum atomic E-state index is -0.357. The van der Waals surface area contributed by atoms with Gasteiger partial charge in [0, 0.05) is 37.4 Å². The first kappa shape index (κ1) is 23.8. The molecule has 0 spiro atoms. The van der Waals surface area contributed by atoms with Crippen LogP contribution in [0.15, 0.2) is 73.1 Å². The van der Waals surface area contributed by atoms with Crippen LogP contribution in [0, 0.1) is 5.82 Å². The summed E-state index contributed by atoms with van der Waals surface area (Å²) in [6, 6.07) is 18.6. The Balaban J connectivity index is 1.34. The van der Waals surface area contributed by atoms with E-state index in [1.54, 1.807) is 41.3 Å². The van der Waals surface area contributed by atoms with Gasteiger partial charge in [0.1, 0.15) is 5.82 Å². The van der Waals surface area contributed by atoms with Gasteiger partial charge in [-0.15, -0.1) is 0 Å². The Kier molecular flexibility index (Phi) is 6.86. The van der Waals surface area contributed by atoms with Crippen molar-refractivity contribution in [2.24, 2.45) is 0 Å². The van der Waals surface area contributed by atoms with Crippen LogP contribution in [0.4, 0.5) is 4.39 Å². The van der Waals surface area contributed by atoms with Crippen LogP contribution in [0.3, 0.4) is 0 Å². The lowest BCUT2D eigenvalue weighted by molar-refractivity contribution is 0.0936. The van der Waals surface area contributed by atoms with Crippen LogP contribution in [0.1, 0.15) is 47.8 Å². The maximum absolute atomic E-state index is 14.3. The number of nitrogens with one attached hydrogen (secondary N) is 1. The van der Waals surface area contributed by atoms with Crippen molar-refractivity contribution in [1.82, 2.24) is 30.0 Å². The average Bonchev–Trinajstić information content (AvgIpc) is 3.52. The lowest BCUT2D eigenvalue weighted by atomic mass is 10.0. The van der Waals surface area contributed by atoms with Gasteiger partial charge >= 0.3 is 0 Å². The van der Waals surface area contributed by atoms with E-state index < -0.39 is 0 Å². The summed E-state index contributed by atoms with van der Waals surface area (Å²) in [5.74, 6) is -0.216. The molecule has 1 N–H and O–H groups in total. The topological polar surface area (TPSA) is 75.9 Å². The number of halogens is 1. The molecule has 5 rings (SSSR count). The summed E-state index contributed by atoms with van der Waals surface area (Å²) in [6.07, 6.45) is 4.05. The summed E-state index contributed by atoms with van der Waals surface area (Å²) in [6.45, 7) is 6.62. The number of carbonyl (C=O) groups is 1. The van der Waals surface area contributed by atoms with Crippen LogP contribution in [-0.4, -0.2) is 49.7 Å². The summed E-state index contributed by atoms with van der Waals surface area (Å²) < 4.78 is 15.9. The Labute approximate surface area is 210 Å². The lowest BCUT2D eigenvalue weighted by Gasteiger charge is -2.17. The molecule has 8 heteroatoms. The number of hydrogen-bond donors (Lipinski definition) is 1. The maximum Gasteiger partial charge on any atom is 0.255 e. The van der Waals surface area contributed by atoms with Crippen LogP contribution in [-0.2, 0) is 6.54 Å². The highest BCUT2D eigenvalue weighted by Gasteiger charge is 2.27. The Morgan fingerprint density at radius 3 is 2.67 bits per heavy atom. The van der Waals surface area contributed by atoms with Crippen LogP contribution in [0.5, 0.6) is 0 Å². The van der Waals surface area contributed by atoms with Crippen molar-refractivity contribution < 1.29 is 9.18 Å². The molecule has 0 radical (unpaired) electrons. The quantitative estimate of drug-likeness (QED) is 0.415. The highest BCUT2D eigenvalue weighted by Crippen LogP contribution is 2.25. The van der Waals surface area contributed by atoms with Crippen LogP contribution in [0.2, 0.25) is 0 Å². The first-order valence-corrected chi connectivity index (χ1v) is 12.2. The van der Waals surface area contributed by atoms with E-state index in [9.17, 15) is 9.18 Å². The molecule has 0 saturated carbocycles. The van der Waals surface area contributed by atoms with Gasteiger partial charge in [0.05, 0.1) is 23.1 Å². The van der Waals surface area contributed by atoms with Crippen LogP contribution in [0.25, 0.3) is 17.2 Å². The number of amides is 1. The van der Waals surface area contributed by atoms with Crippen molar-refractivity contribution in [3.8, 4) is 17.2 Å². The van der Waals surface area contributed by atoms with Gasteiger partial charge in [-0.3, -0.25) is 9.69 Å². The van der Waals surface area contributed by atoms with Gasteiger partial charge in [-0.1, -0.05) is 56.3 Å². The van der Waals surface area contributed by atoms with E-state index in [0.717, 1.165) is 31.7 Å². The molecule has 1 aliphatic heterocycles. The first-order chi connectivity index (χ1) is 17.5. The molecule has 1 amide bonds. The molecule has 3 heterocycles. The van der Waals surface area contributed by atoms with E-state index in [1.165, 1.54) is 11.6 Å². The second kappa shape index (κ2) is 10.4. The number of nitrogens with zero attached hydrogens (tertiary/aromatic N) is 5. The van der Waals surface area contributed by atoms with E-state index >= 15 is 0 Å². The monoisotopic (exact) mass is 484 g/mol. The molecule has 1 atom stereocenters. The maximum atomic E-state index is 14.3. The van der Waals surface area contributed by atoms with E-state index in [1.807, 2.05) is 32.0 Å². The molecule has 1 aliphatic rings. The smallest absolute Gasteiger partial charge is 0.255 e. The zero-order valence-electron chi connectivity index (χ0n) is 20.4. The predicted octanol–water partition coefficient (Wildman–Crippen LogP) is 4.60. The Morgan fingerprint density at radius 2 is 1.89 bits per heavy atom. The van der Waals surface area contributed by atoms with Gasteiger partial charge < -0.3 is 5.32 Å². The van der Waals surface area contributed by atoms with Crippen molar-refractivity contribution in [2.75, 3.05) is 13.1 Å². The van der Waals surface area contributed by atoms with Gasteiger partial charge in [-0.05, 0) is 36.1 Å². The molecule has 1 unspecified atom stereocenters. The van der Waals surface area contributed by atoms with Crippen LogP contribution >= 0.6 is 0 Å². The third-order valence-corrected chi connectivity index (χ3v) is 6.44. The summed E-state index contributed by atoms with van der Waals surface area (Å²) in [7, 11) is 0. The molecule has 7 nitrogen and oxygen atoms in total. The molecule has 0 bridgehead atoms. The highest BCUT2D eigenvalue weighted by atomic mass is 19.1. The minimum absolute atomic E-state index is 0.00729. The molecule has 1 saturated heterocycles. The largest absolute Gasteiger partial charge is 0.348 e. The van der Waals surface area contributed by atoms with E-state index in [0.29, 0.717) is 22.8 Å². The SMILES string of the molecule is CC(C)c1c(C(=O)NC2CCN(Cc3ccccc3)C2)cnn1-c1nccc(-c2ccccc2F)n1. The van der Waals surface area contributed by atoms with Crippen molar-refractivity contribution in [1.29, 1.82) is 0 Å². The fourth-order valence-corrected chi connectivity index (χ4v) is 4.72. The fourth-order valence-electron chi connectivity index (χ4n) is 4.72. The second-order valence-corrected chi connectivity index (χ2v) is 9.41.